The van der Waals surface area contributed by atoms with Gasteiger partial charge in [0.2, 0.25) is 0 Å². The zero-order valence-electron chi connectivity index (χ0n) is 11.1. The van der Waals surface area contributed by atoms with Crippen LogP contribution in [0.3, 0.4) is 0 Å². The highest BCUT2D eigenvalue weighted by Crippen LogP contribution is 2.15. The lowest BCUT2D eigenvalue weighted by molar-refractivity contribution is 0.542. The highest BCUT2D eigenvalue weighted by atomic mass is 14.1. The molecule has 0 heteroatoms. The molecule has 0 fully saturated rings. The summed E-state index contributed by atoms with van der Waals surface area (Å²) in [5, 5.41) is 0. The molecule has 0 aromatic rings. The van der Waals surface area contributed by atoms with Crippen molar-refractivity contribution in [3.05, 3.63) is 49.1 Å². The van der Waals surface area contributed by atoms with Crippen LogP contribution in [-0.2, 0) is 0 Å². The van der Waals surface area contributed by atoms with Crippen molar-refractivity contribution in [2.75, 3.05) is 0 Å². The summed E-state index contributed by atoms with van der Waals surface area (Å²) in [6.07, 6.45) is 19.6. The first-order valence-corrected chi connectivity index (χ1v) is 6.16. The molecule has 0 saturated carbocycles. The lowest BCUT2D eigenvalue weighted by atomic mass is 9.96. The molecule has 0 spiro atoms. The summed E-state index contributed by atoms with van der Waals surface area (Å²) in [5.41, 5.74) is 0.319. The summed E-state index contributed by atoms with van der Waals surface area (Å²) < 4.78 is 0. The van der Waals surface area contributed by atoms with Gasteiger partial charge in [-0.05, 0) is 31.1 Å². The summed E-state index contributed by atoms with van der Waals surface area (Å²) >= 11 is 0. The van der Waals surface area contributed by atoms with Gasteiger partial charge in [0.25, 0.3) is 0 Å². The van der Waals surface area contributed by atoms with Crippen molar-refractivity contribution in [2.24, 2.45) is 5.41 Å². The predicted octanol–water partition coefficient (Wildman–Crippen LogP) is 5.45. The Morgan fingerprint density at radius 2 is 1.31 bits per heavy atom. The second kappa shape index (κ2) is 9.21. The van der Waals surface area contributed by atoms with Crippen molar-refractivity contribution in [1.29, 1.82) is 0 Å². The summed E-state index contributed by atoms with van der Waals surface area (Å²) in [4.78, 5) is 0. The van der Waals surface area contributed by atoms with Crippen LogP contribution >= 0.6 is 0 Å². The number of hydrogen-bond acceptors (Lipinski definition) is 0. The molecule has 0 saturated heterocycles. The average molecular weight is 218 g/mol. The van der Waals surface area contributed by atoms with Gasteiger partial charge in [0.1, 0.15) is 0 Å². The van der Waals surface area contributed by atoms with Gasteiger partial charge >= 0.3 is 0 Å². The van der Waals surface area contributed by atoms with Crippen molar-refractivity contribution in [1.82, 2.24) is 0 Å². The van der Waals surface area contributed by atoms with Crippen molar-refractivity contribution in [2.45, 2.75) is 46.5 Å². The first kappa shape index (κ1) is 15.0. The molecule has 90 valence electrons. The van der Waals surface area contributed by atoms with E-state index in [9.17, 15) is 0 Å². The number of unbranched alkanes of at least 4 members (excludes halogenated alkanes) is 2. The molecule has 0 heterocycles. The molecule has 0 radical (unpaired) electrons. The van der Waals surface area contributed by atoms with Crippen LogP contribution in [0.1, 0.15) is 46.5 Å². The van der Waals surface area contributed by atoms with Gasteiger partial charge in [0.15, 0.2) is 0 Å². The van der Waals surface area contributed by atoms with Crippen LogP contribution < -0.4 is 0 Å². The number of rotatable bonds is 7. The van der Waals surface area contributed by atoms with Crippen molar-refractivity contribution in [3.8, 4) is 0 Å². The molecule has 0 unspecified atom stereocenters. The molecular formula is C16H26. The standard InChI is InChI=1S/C16H26/c1-5-6-7-8-9-10-11-12-13-14-15-16(2,3)4/h5-7,10-11,14-15H,1,8-9,12-13H2,2-4H3. The van der Waals surface area contributed by atoms with Crippen LogP contribution in [0.25, 0.3) is 0 Å². The monoisotopic (exact) mass is 218 g/mol. The van der Waals surface area contributed by atoms with Gasteiger partial charge in [-0.25, -0.2) is 0 Å². The minimum atomic E-state index is 0.319. The molecule has 0 aliphatic carbocycles. The predicted molar refractivity (Wildman–Crippen MR) is 75.5 cm³/mol. The van der Waals surface area contributed by atoms with Gasteiger partial charge in [-0.15, -0.1) is 0 Å². The van der Waals surface area contributed by atoms with E-state index in [-0.39, 0.29) is 0 Å². The molecule has 0 N–H and O–H groups in total. The lowest BCUT2D eigenvalue weighted by Crippen LogP contribution is -1.97. The third-order valence-corrected chi connectivity index (χ3v) is 2.06. The lowest BCUT2D eigenvalue weighted by Gasteiger charge is -2.10. The van der Waals surface area contributed by atoms with Gasteiger partial charge in [-0.1, -0.05) is 69.9 Å². The van der Waals surface area contributed by atoms with E-state index in [1.807, 2.05) is 12.2 Å². The van der Waals surface area contributed by atoms with Crippen molar-refractivity contribution < 1.29 is 0 Å². The Kier molecular flexibility index (Phi) is 8.61. The Morgan fingerprint density at radius 1 is 0.812 bits per heavy atom. The topological polar surface area (TPSA) is 0 Å². The minimum absolute atomic E-state index is 0.319. The maximum Gasteiger partial charge on any atom is -0.0203 e. The van der Waals surface area contributed by atoms with E-state index in [1.54, 1.807) is 0 Å². The third kappa shape index (κ3) is 13.0. The zero-order chi connectivity index (χ0) is 12.3. The Morgan fingerprint density at radius 3 is 1.81 bits per heavy atom. The molecule has 0 aliphatic heterocycles. The van der Waals surface area contributed by atoms with Crippen LogP contribution in [0.4, 0.5) is 0 Å². The normalized spacial score (nSPS) is 13.2. The van der Waals surface area contributed by atoms with Crippen molar-refractivity contribution >= 4 is 0 Å². The average Bonchev–Trinajstić information content (AvgIpc) is 2.19. The van der Waals surface area contributed by atoms with E-state index in [1.165, 1.54) is 0 Å². The first-order chi connectivity index (χ1) is 7.56. The highest BCUT2D eigenvalue weighted by Gasteiger charge is 2.01. The third-order valence-electron chi connectivity index (χ3n) is 2.06. The summed E-state index contributed by atoms with van der Waals surface area (Å²) in [5.74, 6) is 0. The van der Waals surface area contributed by atoms with E-state index in [0.29, 0.717) is 5.41 Å². The van der Waals surface area contributed by atoms with Crippen LogP contribution in [0.15, 0.2) is 49.1 Å². The molecular weight excluding hydrogens is 192 g/mol. The molecule has 16 heavy (non-hydrogen) atoms. The molecule has 0 nitrogen and oxygen atoms in total. The summed E-state index contributed by atoms with van der Waals surface area (Å²) in [7, 11) is 0. The minimum Gasteiger partial charge on any atom is -0.0991 e. The van der Waals surface area contributed by atoms with E-state index in [2.05, 4.69) is 57.7 Å². The highest BCUT2D eigenvalue weighted by molar-refractivity contribution is 4.98. The largest absolute Gasteiger partial charge is 0.0991 e. The number of hydrogen-bond donors (Lipinski definition) is 0. The second-order valence-corrected chi connectivity index (χ2v) is 5.06. The van der Waals surface area contributed by atoms with Gasteiger partial charge in [-0.3, -0.25) is 0 Å². The fourth-order valence-electron chi connectivity index (χ4n) is 1.25. The molecule has 0 atom stereocenters. The Labute approximate surface area is 101 Å². The van der Waals surface area contributed by atoms with Crippen LogP contribution in [-0.4, -0.2) is 0 Å². The van der Waals surface area contributed by atoms with Gasteiger partial charge in [-0.2, -0.15) is 0 Å². The van der Waals surface area contributed by atoms with E-state index in [0.717, 1.165) is 25.7 Å². The van der Waals surface area contributed by atoms with Gasteiger partial charge < -0.3 is 0 Å². The quantitative estimate of drug-likeness (QED) is 0.303. The second-order valence-electron chi connectivity index (χ2n) is 5.06. The van der Waals surface area contributed by atoms with E-state index >= 15 is 0 Å². The molecule has 0 aromatic carbocycles. The maximum absolute atomic E-state index is 3.64. The molecule has 0 aliphatic rings. The molecule has 0 amide bonds. The van der Waals surface area contributed by atoms with Gasteiger partial charge in [0, 0.05) is 0 Å². The summed E-state index contributed by atoms with van der Waals surface area (Å²) in [6, 6.07) is 0. The Bertz CT molecular complexity index is 246. The van der Waals surface area contributed by atoms with Crippen LogP contribution in [0, 0.1) is 5.41 Å². The van der Waals surface area contributed by atoms with Gasteiger partial charge in [0.05, 0.1) is 0 Å². The smallest absolute Gasteiger partial charge is 0.0203 e. The van der Waals surface area contributed by atoms with Crippen molar-refractivity contribution in [3.63, 3.8) is 0 Å². The van der Waals surface area contributed by atoms with E-state index in [4.69, 9.17) is 0 Å². The van der Waals surface area contributed by atoms with Crippen LogP contribution in [0.5, 0.6) is 0 Å². The van der Waals surface area contributed by atoms with Crippen LogP contribution in [0.2, 0.25) is 0 Å². The number of allylic oxidation sites excluding steroid dienone is 7. The first-order valence-electron chi connectivity index (χ1n) is 6.16. The Hall–Kier alpha value is -1.04. The molecule has 0 rings (SSSR count). The molecule has 0 aromatic heterocycles. The fourth-order valence-corrected chi connectivity index (χ4v) is 1.25. The SMILES string of the molecule is C=CC=CCCC=CCCC=CC(C)(C)C. The zero-order valence-corrected chi connectivity index (χ0v) is 11.1. The van der Waals surface area contributed by atoms with E-state index < -0.39 is 0 Å². The molecule has 0 bridgehead atoms. The fraction of sp³-hybridized carbons (Fsp3) is 0.500. The summed E-state index contributed by atoms with van der Waals surface area (Å²) in [6.45, 7) is 10.3. The Balaban J connectivity index is 3.45. The maximum atomic E-state index is 3.64.